The lowest BCUT2D eigenvalue weighted by Crippen LogP contribution is -2.28. The number of nitrogens with zero attached hydrogens (tertiary/aromatic N) is 5. The summed E-state index contributed by atoms with van der Waals surface area (Å²) in [6.07, 6.45) is 8.95. The molecule has 0 radical (unpaired) electrons. The molecule has 0 amide bonds. The van der Waals surface area contributed by atoms with Crippen LogP contribution in [0.5, 0.6) is 0 Å². The molecular weight excluding hydrogens is 252 g/mol. The second-order valence-electron chi connectivity index (χ2n) is 5.57. The van der Waals surface area contributed by atoms with E-state index in [1.54, 1.807) is 17.2 Å². The number of hydrogen-bond donors (Lipinski definition) is 1. The standard InChI is InChI=1S/C14H18N6/c1-2-13(14(16-6-1)20-10-15-9-17-20)18-11-5-7-19(8-11)12-3-4-12/h1-2,6,9-12,18H,3-5,7-8H2. The summed E-state index contributed by atoms with van der Waals surface area (Å²) in [4.78, 5) is 11.0. The molecule has 2 fully saturated rings. The molecule has 0 aromatic carbocycles. The molecule has 1 aliphatic carbocycles. The highest BCUT2D eigenvalue weighted by Gasteiger charge is 2.34. The van der Waals surface area contributed by atoms with Gasteiger partial charge < -0.3 is 5.32 Å². The van der Waals surface area contributed by atoms with Crippen LogP contribution in [0.1, 0.15) is 19.3 Å². The van der Waals surface area contributed by atoms with Crippen molar-refractivity contribution in [3.05, 3.63) is 31.0 Å². The van der Waals surface area contributed by atoms with Crippen LogP contribution in [0.3, 0.4) is 0 Å². The zero-order valence-electron chi connectivity index (χ0n) is 11.3. The summed E-state index contributed by atoms with van der Waals surface area (Å²) in [5.41, 5.74) is 1.03. The van der Waals surface area contributed by atoms with Crippen LogP contribution in [-0.2, 0) is 0 Å². The summed E-state index contributed by atoms with van der Waals surface area (Å²) >= 11 is 0. The van der Waals surface area contributed by atoms with Gasteiger partial charge in [0.15, 0.2) is 5.82 Å². The first-order valence-electron chi connectivity index (χ1n) is 7.21. The Kier molecular flexibility index (Phi) is 2.88. The maximum atomic E-state index is 4.41. The average Bonchev–Trinajstić information content (AvgIpc) is 3.00. The molecule has 1 unspecified atom stereocenters. The lowest BCUT2D eigenvalue weighted by molar-refractivity contribution is 0.326. The van der Waals surface area contributed by atoms with Crippen molar-refractivity contribution in [2.45, 2.75) is 31.3 Å². The summed E-state index contributed by atoms with van der Waals surface area (Å²) in [5.74, 6) is 0.815. The van der Waals surface area contributed by atoms with Crippen LogP contribution in [-0.4, -0.2) is 49.8 Å². The fourth-order valence-electron chi connectivity index (χ4n) is 2.91. The first-order valence-corrected chi connectivity index (χ1v) is 7.21. The van der Waals surface area contributed by atoms with Gasteiger partial charge in [-0.3, -0.25) is 4.90 Å². The van der Waals surface area contributed by atoms with Crippen LogP contribution >= 0.6 is 0 Å². The van der Waals surface area contributed by atoms with Crippen molar-refractivity contribution in [3.8, 4) is 5.82 Å². The number of pyridine rings is 1. The number of aromatic nitrogens is 4. The van der Waals surface area contributed by atoms with Crippen molar-refractivity contribution in [1.82, 2.24) is 24.6 Å². The van der Waals surface area contributed by atoms with E-state index in [0.29, 0.717) is 6.04 Å². The molecule has 0 bridgehead atoms. The van der Waals surface area contributed by atoms with Gasteiger partial charge in [-0.1, -0.05) is 0 Å². The minimum Gasteiger partial charge on any atom is -0.378 e. The Hall–Kier alpha value is -1.95. The van der Waals surface area contributed by atoms with E-state index in [2.05, 4.69) is 31.3 Å². The summed E-state index contributed by atoms with van der Waals surface area (Å²) < 4.78 is 1.70. The summed E-state index contributed by atoms with van der Waals surface area (Å²) in [6.45, 7) is 2.34. The molecular formula is C14H18N6. The first-order chi connectivity index (χ1) is 9.90. The molecule has 2 aromatic rings. The zero-order chi connectivity index (χ0) is 13.4. The molecule has 0 spiro atoms. The molecule has 2 aromatic heterocycles. The number of likely N-dealkylation sites (tertiary alicyclic amines) is 1. The lowest BCUT2D eigenvalue weighted by Gasteiger charge is -2.18. The molecule has 1 N–H and O–H groups in total. The van der Waals surface area contributed by atoms with E-state index in [0.717, 1.165) is 24.1 Å². The highest BCUT2D eigenvalue weighted by atomic mass is 15.3. The largest absolute Gasteiger partial charge is 0.378 e. The van der Waals surface area contributed by atoms with Gasteiger partial charge in [0.25, 0.3) is 0 Å². The Labute approximate surface area is 117 Å². The van der Waals surface area contributed by atoms with Crippen LogP contribution in [0.2, 0.25) is 0 Å². The third kappa shape index (κ3) is 2.27. The van der Waals surface area contributed by atoms with Crippen LogP contribution in [0, 0.1) is 0 Å². The first kappa shape index (κ1) is 11.8. The van der Waals surface area contributed by atoms with Crippen molar-refractivity contribution in [2.24, 2.45) is 0 Å². The maximum Gasteiger partial charge on any atom is 0.178 e. The van der Waals surface area contributed by atoms with Gasteiger partial charge in [0.05, 0.1) is 5.69 Å². The van der Waals surface area contributed by atoms with Crippen molar-refractivity contribution in [1.29, 1.82) is 0 Å². The molecule has 1 aliphatic heterocycles. The molecule has 4 rings (SSSR count). The van der Waals surface area contributed by atoms with Gasteiger partial charge >= 0.3 is 0 Å². The molecule has 3 heterocycles. The van der Waals surface area contributed by atoms with Crippen LogP contribution < -0.4 is 5.32 Å². The van der Waals surface area contributed by atoms with Gasteiger partial charge in [-0.2, -0.15) is 5.10 Å². The van der Waals surface area contributed by atoms with Crippen molar-refractivity contribution >= 4 is 5.69 Å². The van der Waals surface area contributed by atoms with Crippen molar-refractivity contribution in [3.63, 3.8) is 0 Å². The van der Waals surface area contributed by atoms with Gasteiger partial charge in [0.2, 0.25) is 0 Å². The van der Waals surface area contributed by atoms with Crippen molar-refractivity contribution in [2.75, 3.05) is 18.4 Å². The van der Waals surface area contributed by atoms with Crippen LogP contribution in [0.15, 0.2) is 31.0 Å². The van der Waals surface area contributed by atoms with E-state index in [1.807, 2.05) is 6.07 Å². The summed E-state index contributed by atoms with van der Waals surface area (Å²) in [5, 5.41) is 7.79. The molecule has 20 heavy (non-hydrogen) atoms. The fraction of sp³-hybridized carbons (Fsp3) is 0.500. The van der Waals surface area contributed by atoms with Gasteiger partial charge in [0, 0.05) is 31.4 Å². The molecule has 104 valence electrons. The second kappa shape index (κ2) is 4.86. The summed E-state index contributed by atoms with van der Waals surface area (Å²) in [7, 11) is 0. The monoisotopic (exact) mass is 270 g/mol. The van der Waals surface area contributed by atoms with E-state index in [9.17, 15) is 0 Å². The summed E-state index contributed by atoms with van der Waals surface area (Å²) in [6, 6.07) is 5.37. The topological polar surface area (TPSA) is 58.9 Å². The van der Waals surface area contributed by atoms with Gasteiger partial charge in [0.1, 0.15) is 12.7 Å². The van der Waals surface area contributed by atoms with E-state index >= 15 is 0 Å². The quantitative estimate of drug-likeness (QED) is 0.907. The lowest BCUT2D eigenvalue weighted by atomic mass is 10.2. The molecule has 1 atom stereocenters. The molecule has 1 saturated carbocycles. The van der Waals surface area contributed by atoms with Crippen LogP contribution in [0.25, 0.3) is 5.82 Å². The second-order valence-corrected chi connectivity index (χ2v) is 5.57. The third-order valence-corrected chi connectivity index (χ3v) is 4.07. The van der Waals surface area contributed by atoms with Gasteiger partial charge in [-0.15, -0.1) is 0 Å². The Morgan fingerprint density at radius 1 is 1.25 bits per heavy atom. The highest BCUT2D eigenvalue weighted by molar-refractivity contribution is 5.56. The van der Waals surface area contributed by atoms with Gasteiger partial charge in [-0.25, -0.2) is 14.6 Å². The Balaban J connectivity index is 1.51. The minimum atomic E-state index is 0.502. The molecule has 6 nitrogen and oxygen atoms in total. The Morgan fingerprint density at radius 3 is 3.00 bits per heavy atom. The normalized spacial score (nSPS) is 23.1. The molecule has 2 aliphatic rings. The number of hydrogen-bond acceptors (Lipinski definition) is 5. The highest BCUT2D eigenvalue weighted by Crippen LogP contribution is 2.31. The SMILES string of the molecule is c1cnc(-n2cncn2)c(NC2CCN(C3CC3)C2)c1. The van der Waals surface area contributed by atoms with Gasteiger partial charge in [-0.05, 0) is 31.4 Å². The number of nitrogens with one attached hydrogen (secondary N) is 1. The Bertz CT molecular complexity index is 577. The Morgan fingerprint density at radius 2 is 2.20 bits per heavy atom. The van der Waals surface area contributed by atoms with E-state index in [1.165, 1.54) is 32.1 Å². The minimum absolute atomic E-state index is 0.502. The molecule has 1 saturated heterocycles. The third-order valence-electron chi connectivity index (χ3n) is 4.07. The predicted octanol–water partition coefficient (Wildman–Crippen LogP) is 1.31. The fourth-order valence-corrected chi connectivity index (χ4v) is 2.91. The van der Waals surface area contributed by atoms with Crippen molar-refractivity contribution < 1.29 is 0 Å². The molecule has 6 heteroatoms. The number of anilines is 1. The maximum absolute atomic E-state index is 4.41. The smallest absolute Gasteiger partial charge is 0.178 e. The zero-order valence-corrected chi connectivity index (χ0v) is 11.3. The number of rotatable bonds is 4. The predicted molar refractivity (Wildman–Crippen MR) is 75.8 cm³/mol. The van der Waals surface area contributed by atoms with E-state index in [4.69, 9.17) is 0 Å². The van der Waals surface area contributed by atoms with E-state index < -0.39 is 0 Å². The van der Waals surface area contributed by atoms with E-state index in [-0.39, 0.29) is 0 Å². The van der Waals surface area contributed by atoms with Crippen LogP contribution in [0.4, 0.5) is 5.69 Å². The average molecular weight is 270 g/mol.